The van der Waals surface area contributed by atoms with E-state index in [9.17, 15) is 0 Å². The van der Waals surface area contributed by atoms with Gasteiger partial charge in [-0.25, -0.2) is 0 Å². The van der Waals surface area contributed by atoms with Crippen LogP contribution < -0.4 is 4.74 Å². The number of rotatable bonds is 9. The second-order valence-corrected chi connectivity index (χ2v) is 7.74. The van der Waals surface area contributed by atoms with Crippen molar-refractivity contribution in [3.63, 3.8) is 0 Å². The molecule has 2 aromatic carbocycles. The number of hydrogen-bond acceptors (Lipinski definition) is 3. The molecular formula is C25H25NOS. The van der Waals surface area contributed by atoms with Gasteiger partial charge in [0.2, 0.25) is 0 Å². The van der Waals surface area contributed by atoms with Crippen molar-refractivity contribution in [1.29, 1.82) is 5.26 Å². The van der Waals surface area contributed by atoms with Gasteiger partial charge >= 0.3 is 0 Å². The molecule has 0 saturated carbocycles. The van der Waals surface area contributed by atoms with Gasteiger partial charge in [-0.05, 0) is 53.8 Å². The molecule has 3 heteroatoms. The molecule has 3 rings (SSSR count). The van der Waals surface area contributed by atoms with Crippen LogP contribution in [0.2, 0.25) is 0 Å². The molecule has 1 aromatic heterocycles. The van der Waals surface area contributed by atoms with Crippen molar-refractivity contribution in [2.75, 3.05) is 6.61 Å². The van der Waals surface area contributed by atoms with Crippen LogP contribution in [0.4, 0.5) is 0 Å². The van der Waals surface area contributed by atoms with Crippen LogP contribution >= 0.6 is 11.3 Å². The molecule has 28 heavy (non-hydrogen) atoms. The van der Waals surface area contributed by atoms with Gasteiger partial charge in [0, 0.05) is 4.88 Å². The summed E-state index contributed by atoms with van der Waals surface area (Å²) in [5, 5.41) is 8.97. The van der Waals surface area contributed by atoms with E-state index in [0.29, 0.717) is 6.61 Å². The zero-order valence-electron chi connectivity index (χ0n) is 16.2. The topological polar surface area (TPSA) is 33.0 Å². The summed E-state index contributed by atoms with van der Waals surface area (Å²) in [6.07, 6.45) is 9.25. The van der Waals surface area contributed by atoms with Crippen molar-refractivity contribution in [2.24, 2.45) is 0 Å². The molecule has 0 fully saturated rings. The fraction of sp³-hybridized carbons (Fsp3) is 0.240. The third-order valence-electron chi connectivity index (χ3n) is 4.56. The number of ether oxygens (including phenoxy) is 1. The van der Waals surface area contributed by atoms with Crippen LogP contribution in [0, 0.1) is 11.3 Å². The highest BCUT2D eigenvalue weighted by molar-refractivity contribution is 7.16. The van der Waals surface area contributed by atoms with E-state index in [2.05, 4.69) is 61.5 Å². The Morgan fingerprint density at radius 1 is 0.857 bits per heavy atom. The van der Waals surface area contributed by atoms with E-state index in [1.54, 1.807) is 0 Å². The van der Waals surface area contributed by atoms with Gasteiger partial charge in [-0.1, -0.05) is 68.3 Å². The van der Waals surface area contributed by atoms with Crippen LogP contribution in [0.3, 0.4) is 0 Å². The SMILES string of the molecule is CCCCCC=CCOc1ccc(-c2ccc(-c3ccc(C#N)s3)cc2)cc1. The molecule has 0 aliphatic heterocycles. The number of allylic oxidation sites excluding steroid dienone is 1. The fourth-order valence-electron chi connectivity index (χ4n) is 2.97. The van der Waals surface area contributed by atoms with E-state index in [1.807, 2.05) is 24.3 Å². The highest BCUT2D eigenvalue weighted by Gasteiger charge is 2.04. The normalized spacial score (nSPS) is 10.9. The van der Waals surface area contributed by atoms with Crippen LogP contribution in [0.5, 0.6) is 5.75 Å². The Balaban J connectivity index is 1.55. The minimum absolute atomic E-state index is 0.617. The average molecular weight is 388 g/mol. The summed E-state index contributed by atoms with van der Waals surface area (Å²) < 4.78 is 5.78. The molecule has 0 spiro atoms. The van der Waals surface area contributed by atoms with E-state index >= 15 is 0 Å². The number of unbranched alkanes of at least 4 members (excludes halogenated alkanes) is 3. The van der Waals surface area contributed by atoms with Gasteiger partial charge in [-0.2, -0.15) is 5.26 Å². The minimum atomic E-state index is 0.617. The molecule has 0 saturated heterocycles. The van der Waals surface area contributed by atoms with Gasteiger partial charge < -0.3 is 4.74 Å². The average Bonchev–Trinajstić information content (AvgIpc) is 3.23. The summed E-state index contributed by atoms with van der Waals surface area (Å²) in [5.41, 5.74) is 3.47. The monoisotopic (exact) mass is 387 g/mol. The van der Waals surface area contributed by atoms with Gasteiger partial charge in [-0.3, -0.25) is 0 Å². The zero-order chi connectivity index (χ0) is 19.6. The van der Waals surface area contributed by atoms with Crippen LogP contribution in [-0.4, -0.2) is 6.61 Å². The summed E-state index contributed by atoms with van der Waals surface area (Å²) in [7, 11) is 0. The maximum atomic E-state index is 8.97. The number of thiophene rings is 1. The van der Waals surface area contributed by atoms with E-state index < -0.39 is 0 Å². The van der Waals surface area contributed by atoms with E-state index in [0.717, 1.165) is 33.1 Å². The van der Waals surface area contributed by atoms with E-state index in [1.165, 1.54) is 36.2 Å². The summed E-state index contributed by atoms with van der Waals surface area (Å²) in [6.45, 7) is 2.84. The highest BCUT2D eigenvalue weighted by Crippen LogP contribution is 2.30. The fourth-order valence-corrected chi connectivity index (χ4v) is 3.77. The summed E-state index contributed by atoms with van der Waals surface area (Å²) in [5.74, 6) is 0.890. The van der Waals surface area contributed by atoms with Crippen LogP contribution in [0.25, 0.3) is 21.6 Å². The molecule has 0 aliphatic carbocycles. The van der Waals surface area contributed by atoms with E-state index in [4.69, 9.17) is 10.00 Å². The lowest BCUT2D eigenvalue weighted by molar-refractivity contribution is 0.362. The lowest BCUT2D eigenvalue weighted by Gasteiger charge is -2.06. The molecule has 1 heterocycles. The molecule has 142 valence electrons. The molecule has 3 aromatic rings. The maximum Gasteiger partial charge on any atom is 0.119 e. The Hall–Kier alpha value is -2.83. The van der Waals surface area contributed by atoms with Gasteiger partial charge in [0.1, 0.15) is 23.3 Å². The van der Waals surface area contributed by atoms with Crippen molar-refractivity contribution < 1.29 is 4.74 Å². The molecule has 0 unspecified atom stereocenters. The number of nitriles is 1. The molecule has 0 radical (unpaired) electrons. The van der Waals surface area contributed by atoms with E-state index in [-0.39, 0.29) is 0 Å². The third kappa shape index (κ3) is 5.58. The lowest BCUT2D eigenvalue weighted by Crippen LogP contribution is -1.93. The summed E-state index contributed by atoms with van der Waals surface area (Å²) in [4.78, 5) is 1.86. The summed E-state index contributed by atoms with van der Waals surface area (Å²) in [6, 6.07) is 22.7. The van der Waals surface area contributed by atoms with Crippen molar-refractivity contribution in [3.8, 4) is 33.4 Å². The Bertz CT molecular complexity index is 930. The Morgan fingerprint density at radius 3 is 2.18 bits per heavy atom. The molecule has 0 N–H and O–H groups in total. The summed E-state index contributed by atoms with van der Waals surface area (Å²) >= 11 is 1.52. The second kappa shape index (κ2) is 10.5. The zero-order valence-corrected chi connectivity index (χ0v) is 17.0. The third-order valence-corrected chi connectivity index (χ3v) is 5.60. The Kier molecular flexibility index (Phi) is 7.46. The first-order valence-electron chi connectivity index (χ1n) is 9.79. The lowest BCUT2D eigenvalue weighted by atomic mass is 10.0. The van der Waals surface area contributed by atoms with Crippen LogP contribution in [-0.2, 0) is 0 Å². The highest BCUT2D eigenvalue weighted by atomic mass is 32.1. The standard InChI is InChI=1S/C25H25NOS/c1-2-3-4-5-6-7-18-27-23-14-12-21(13-15-23)20-8-10-22(11-9-20)25-17-16-24(19-26)28-25/h6-17H,2-5,18H2,1H3. The van der Waals surface area contributed by atoms with Crippen molar-refractivity contribution in [2.45, 2.75) is 32.6 Å². The molecule has 0 amide bonds. The molecule has 0 aliphatic rings. The van der Waals surface area contributed by atoms with Crippen molar-refractivity contribution in [1.82, 2.24) is 0 Å². The second-order valence-electron chi connectivity index (χ2n) is 6.66. The Labute approximate surface area is 171 Å². The number of benzene rings is 2. The predicted molar refractivity (Wildman–Crippen MR) is 119 cm³/mol. The first-order chi connectivity index (χ1) is 13.8. The van der Waals surface area contributed by atoms with Crippen molar-refractivity contribution in [3.05, 3.63) is 77.7 Å². The number of nitrogens with zero attached hydrogens (tertiary/aromatic N) is 1. The van der Waals surface area contributed by atoms with Gasteiger partial charge in [-0.15, -0.1) is 11.3 Å². The van der Waals surface area contributed by atoms with Crippen molar-refractivity contribution >= 4 is 11.3 Å². The smallest absolute Gasteiger partial charge is 0.119 e. The first kappa shape index (κ1) is 19.9. The first-order valence-corrected chi connectivity index (χ1v) is 10.6. The van der Waals surface area contributed by atoms with Crippen LogP contribution in [0.1, 0.15) is 37.5 Å². The van der Waals surface area contributed by atoms with Gasteiger partial charge in [0.25, 0.3) is 0 Å². The maximum absolute atomic E-state index is 8.97. The van der Waals surface area contributed by atoms with Gasteiger partial charge in [0.05, 0.1) is 0 Å². The molecule has 0 bridgehead atoms. The largest absolute Gasteiger partial charge is 0.490 e. The molecular weight excluding hydrogens is 362 g/mol. The Morgan fingerprint density at radius 2 is 1.54 bits per heavy atom. The molecule has 0 atom stereocenters. The molecule has 2 nitrogen and oxygen atoms in total. The van der Waals surface area contributed by atoms with Crippen LogP contribution in [0.15, 0.2) is 72.8 Å². The predicted octanol–water partition coefficient (Wildman–Crippen LogP) is 7.47. The number of hydrogen-bond donors (Lipinski definition) is 0. The van der Waals surface area contributed by atoms with Gasteiger partial charge in [0.15, 0.2) is 0 Å². The minimum Gasteiger partial charge on any atom is -0.490 e. The quantitative estimate of drug-likeness (QED) is 0.282.